The summed E-state index contributed by atoms with van der Waals surface area (Å²) in [5.41, 5.74) is 2.66. The van der Waals surface area contributed by atoms with Crippen molar-refractivity contribution in [1.29, 1.82) is 0 Å². The number of aryl methyl sites for hydroxylation is 1. The Morgan fingerprint density at radius 3 is 2.50 bits per heavy atom. The van der Waals surface area contributed by atoms with Gasteiger partial charge in [-0.25, -0.2) is 14.3 Å². The second-order valence-corrected chi connectivity index (χ2v) is 7.89. The molecule has 0 saturated heterocycles. The Morgan fingerprint density at radius 1 is 1.06 bits per heavy atom. The highest BCUT2D eigenvalue weighted by Gasteiger charge is 2.14. The van der Waals surface area contributed by atoms with Gasteiger partial charge in [0.05, 0.1) is 18.7 Å². The molecular weight excluding hydrogens is 402 g/mol. The fraction of sp³-hybridized carbons (Fsp3) is 0.346. The molecule has 3 aromatic rings. The van der Waals surface area contributed by atoms with Crippen molar-refractivity contribution in [3.05, 3.63) is 88.1 Å². The maximum atomic E-state index is 13.0. The smallest absolute Gasteiger partial charge is 0.346 e. The van der Waals surface area contributed by atoms with Crippen LogP contribution >= 0.6 is 0 Å². The zero-order chi connectivity index (χ0) is 22.9. The summed E-state index contributed by atoms with van der Waals surface area (Å²) in [6.07, 6.45) is 9.11. The van der Waals surface area contributed by atoms with E-state index in [0.29, 0.717) is 18.7 Å². The minimum absolute atomic E-state index is 0.103. The molecule has 0 aliphatic heterocycles. The summed E-state index contributed by atoms with van der Waals surface area (Å²) in [6.45, 7) is 5.02. The molecule has 6 heteroatoms. The van der Waals surface area contributed by atoms with E-state index in [1.165, 1.54) is 17.5 Å². The normalized spacial score (nSPS) is 11.3. The third-order valence-corrected chi connectivity index (χ3v) is 5.53. The van der Waals surface area contributed by atoms with Crippen molar-refractivity contribution >= 4 is 5.97 Å². The molecule has 0 radical (unpaired) electrons. The second kappa shape index (κ2) is 11.3. The quantitative estimate of drug-likeness (QED) is 0.335. The average molecular weight is 434 g/mol. The van der Waals surface area contributed by atoms with Crippen molar-refractivity contribution in [2.45, 2.75) is 59.0 Å². The molecule has 0 amide bonds. The molecule has 0 aliphatic rings. The number of allylic oxidation sites excluding steroid dienone is 2. The summed E-state index contributed by atoms with van der Waals surface area (Å²) in [5, 5.41) is 14.0. The molecule has 32 heavy (non-hydrogen) atoms. The fourth-order valence-electron chi connectivity index (χ4n) is 3.76. The summed E-state index contributed by atoms with van der Waals surface area (Å²) in [6, 6.07) is 14.7. The number of carboxylic acids is 1. The zero-order valence-corrected chi connectivity index (χ0v) is 18.8. The second-order valence-electron chi connectivity index (χ2n) is 7.89. The number of hydrogen-bond donors (Lipinski definition) is 1. The van der Waals surface area contributed by atoms with Gasteiger partial charge in [-0.3, -0.25) is 4.57 Å². The van der Waals surface area contributed by atoms with E-state index in [4.69, 9.17) is 0 Å². The minimum Gasteiger partial charge on any atom is -0.478 e. The molecule has 0 fully saturated rings. The van der Waals surface area contributed by atoms with Crippen LogP contribution in [0.1, 0.15) is 61.3 Å². The van der Waals surface area contributed by atoms with Gasteiger partial charge in [-0.2, -0.15) is 5.10 Å². The number of hydrogen-bond acceptors (Lipinski definition) is 3. The lowest BCUT2D eigenvalue weighted by Crippen LogP contribution is -2.25. The zero-order valence-electron chi connectivity index (χ0n) is 18.8. The fourth-order valence-corrected chi connectivity index (χ4v) is 3.76. The molecule has 2 aromatic carbocycles. The maximum absolute atomic E-state index is 13.0. The molecule has 0 saturated carbocycles. The highest BCUT2D eigenvalue weighted by atomic mass is 16.4. The van der Waals surface area contributed by atoms with Gasteiger partial charge in [0, 0.05) is 6.42 Å². The van der Waals surface area contributed by atoms with Gasteiger partial charge in [0.15, 0.2) is 0 Å². The van der Waals surface area contributed by atoms with Crippen LogP contribution in [0.2, 0.25) is 0 Å². The van der Waals surface area contributed by atoms with Crippen LogP contribution < -0.4 is 5.69 Å². The lowest BCUT2D eigenvalue weighted by molar-refractivity contribution is 0.0697. The van der Waals surface area contributed by atoms with Crippen LogP contribution in [0.5, 0.6) is 0 Å². The van der Waals surface area contributed by atoms with E-state index in [2.05, 4.69) is 12.0 Å². The molecule has 0 atom stereocenters. The van der Waals surface area contributed by atoms with Gasteiger partial charge in [-0.1, -0.05) is 80.8 Å². The number of nitrogens with zero attached hydrogens (tertiary/aromatic N) is 3. The molecule has 3 rings (SSSR count). The van der Waals surface area contributed by atoms with Crippen molar-refractivity contribution in [3.8, 4) is 11.1 Å². The van der Waals surface area contributed by atoms with E-state index in [1.54, 1.807) is 16.7 Å². The molecule has 1 aromatic heterocycles. The van der Waals surface area contributed by atoms with E-state index in [0.717, 1.165) is 36.2 Å². The highest BCUT2D eigenvalue weighted by molar-refractivity contribution is 5.95. The van der Waals surface area contributed by atoms with E-state index in [1.807, 2.05) is 55.5 Å². The Balaban J connectivity index is 1.85. The van der Waals surface area contributed by atoms with Crippen molar-refractivity contribution < 1.29 is 9.90 Å². The first-order valence-corrected chi connectivity index (χ1v) is 11.2. The number of carboxylic acid groups (broad SMARTS) is 1. The van der Waals surface area contributed by atoms with Crippen LogP contribution in [0.15, 0.2) is 65.5 Å². The first kappa shape index (κ1) is 23.3. The third kappa shape index (κ3) is 5.63. The Kier molecular flexibility index (Phi) is 8.20. The third-order valence-electron chi connectivity index (χ3n) is 5.53. The number of benzene rings is 2. The summed E-state index contributed by atoms with van der Waals surface area (Å²) >= 11 is 0. The predicted octanol–water partition coefficient (Wildman–Crippen LogP) is 5.16. The highest BCUT2D eigenvalue weighted by Crippen LogP contribution is 2.24. The molecule has 168 valence electrons. The van der Waals surface area contributed by atoms with Crippen molar-refractivity contribution in [2.75, 3.05) is 0 Å². The first-order valence-electron chi connectivity index (χ1n) is 11.2. The van der Waals surface area contributed by atoms with Gasteiger partial charge in [-0.15, -0.1) is 0 Å². The predicted molar refractivity (Wildman–Crippen MR) is 127 cm³/mol. The molecule has 0 aliphatic carbocycles. The van der Waals surface area contributed by atoms with Gasteiger partial charge >= 0.3 is 11.7 Å². The minimum atomic E-state index is -0.947. The van der Waals surface area contributed by atoms with Gasteiger partial charge in [0.25, 0.3) is 0 Å². The van der Waals surface area contributed by atoms with Crippen molar-refractivity contribution in [3.63, 3.8) is 0 Å². The summed E-state index contributed by atoms with van der Waals surface area (Å²) in [4.78, 5) is 24.5. The molecule has 0 bridgehead atoms. The van der Waals surface area contributed by atoms with Crippen molar-refractivity contribution in [2.24, 2.45) is 0 Å². The molecule has 6 nitrogen and oxygen atoms in total. The van der Waals surface area contributed by atoms with E-state index < -0.39 is 5.97 Å². The Bertz CT molecular complexity index is 1120. The summed E-state index contributed by atoms with van der Waals surface area (Å²) < 4.78 is 3.28. The number of carbonyl (C=O) groups is 1. The van der Waals surface area contributed by atoms with Crippen LogP contribution in [0.3, 0.4) is 0 Å². The maximum Gasteiger partial charge on any atom is 0.346 e. The van der Waals surface area contributed by atoms with Gasteiger partial charge in [-0.05, 0) is 36.1 Å². The number of rotatable bonds is 11. The number of aromatic nitrogens is 3. The summed E-state index contributed by atoms with van der Waals surface area (Å²) in [7, 11) is 0. The van der Waals surface area contributed by atoms with E-state index in [-0.39, 0.29) is 11.3 Å². The number of unbranched alkanes of at least 4 members (excludes halogenated alkanes) is 3. The molecule has 0 unspecified atom stereocenters. The monoisotopic (exact) mass is 433 g/mol. The largest absolute Gasteiger partial charge is 0.478 e. The standard InChI is InChI=1S/C26H31N3O3/c1-3-5-7-8-13-24-27-29(18-6-4-2)26(32)28(24)19-20-14-16-21(17-15-20)22-11-9-10-12-23(22)25(30)31/h4,6,9-12,14-17H,3,5,7-8,13,18-19H2,1-2H3,(H,30,31). The Labute approximate surface area is 188 Å². The Morgan fingerprint density at radius 2 is 1.81 bits per heavy atom. The van der Waals surface area contributed by atoms with Crippen molar-refractivity contribution in [1.82, 2.24) is 14.3 Å². The van der Waals surface area contributed by atoms with Crippen LogP contribution in [0.25, 0.3) is 11.1 Å². The van der Waals surface area contributed by atoms with Crippen LogP contribution in [0, 0.1) is 0 Å². The molecule has 1 N–H and O–H groups in total. The SMILES string of the molecule is CC=CCn1nc(CCCCCC)n(Cc2ccc(-c3ccccc3C(=O)O)cc2)c1=O. The molecule has 1 heterocycles. The molecular formula is C26H31N3O3. The topological polar surface area (TPSA) is 77.1 Å². The van der Waals surface area contributed by atoms with Gasteiger partial charge < -0.3 is 5.11 Å². The van der Waals surface area contributed by atoms with E-state index >= 15 is 0 Å². The Hall–Kier alpha value is -3.41. The van der Waals surface area contributed by atoms with Crippen LogP contribution in [-0.2, 0) is 19.5 Å². The van der Waals surface area contributed by atoms with E-state index in [9.17, 15) is 14.7 Å². The summed E-state index contributed by atoms with van der Waals surface area (Å²) in [5.74, 6) is -0.131. The van der Waals surface area contributed by atoms with Gasteiger partial charge in [0.1, 0.15) is 5.82 Å². The lowest BCUT2D eigenvalue weighted by Gasteiger charge is -2.09. The number of aromatic carboxylic acids is 1. The average Bonchev–Trinajstić information content (AvgIpc) is 3.10. The first-order chi connectivity index (χ1) is 15.5. The lowest BCUT2D eigenvalue weighted by atomic mass is 9.99. The van der Waals surface area contributed by atoms with Crippen LogP contribution in [-0.4, -0.2) is 25.4 Å². The van der Waals surface area contributed by atoms with Gasteiger partial charge in [0.2, 0.25) is 0 Å². The molecule has 0 spiro atoms. The van der Waals surface area contributed by atoms with Crippen LogP contribution in [0.4, 0.5) is 0 Å².